The number of aliphatic hydroxyl groups excluding tert-OH is 1. The monoisotopic (exact) mass is 387 g/mol. The van der Waals surface area contributed by atoms with Crippen molar-refractivity contribution in [1.29, 1.82) is 0 Å². The molecule has 3 rings (SSSR count). The molecule has 6 nitrogen and oxygen atoms in total. The average Bonchev–Trinajstić information content (AvgIpc) is 2.65. The van der Waals surface area contributed by atoms with Crippen LogP contribution in [0.1, 0.15) is 35.2 Å². The highest BCUT2D eigenvalue weighted by Gasteiger charge is 2.21. The number of aliphatic hydroxyl groups is 1. The zero-order valence-corrected chi connectivity index (χ0v) is 16.6. The Morgan fingerprint density at radius 1 is 1.30 bits per heavy atom. The molecule has 27 heavy (non-hydrogen) atoms. The normalized spacial score (nSPS) is 13.3. The second-order valence-corrected chi connectivity index (χ2v) is 7.83. The summed E-state index contributed by atoms with van der Waals surface area (Å²) in [6.45, 7) is 4.13. The fraction of sp³-hybridized carbons (Fsp3) is 0.450. The standard InChI is InChI=1S/C20H25N3O3S/c1-13-7-8-14(2)16(11-13)21-18(25)12-27-19-15-5-3-4-6-17(15)23(9-10-24)20(26)22-19/h7-8,11,24H,3-6,9-10,12H2,1-2H3,(H,21,25). The summed E-state index contributed by atoms with van der Waals surface area (Å²) in [4.78, 5) is 28.9. The third kappa shape index (κ3) is 4.59. The third-order valence-corrected chi connectivity index (χ3v) is 5.80. The van der Waals surface area contributed by atoms with E-state index in [1.807, 2.05) is 32.0 Å². The first-order valence-electron chi connectivity index (χ1n) is 9.23. The van der Waals surface area contributed by atoms with E-state index in [4.69, 9.17) is 0 Å². The van der Waals surface area contributed by atoms with Gasteiger partial charge in [-0.15, -0.1) is 0 Å². The average molecular weight is 388 g/mol. The Morgan fingerprint density at radius 2 is 2.07 bits per heavy atom. The summed E-state index contributed by atoms with van der Waals surface area (Å²) in [6, 6.07) is 5.95. The van der Waals surface area contributed by atoms with Crippen molar-refractivity contribution >= 4 is 23.4 Å². The Morgan fingerprint density at radius 3 is 2.85 bits per heavy atom. The predicted molar refractivity (Wildman–Crippen MR) is 107 cm³/mol. The largest absolute Gasteiger partial charge is 0.395 e. The molecule has 0 fully saturated rings. The maximum absolute atomic E-state index is 12.4. The van der Waals surface area contributed by atoms with Crippen molar-refractivity contribution in [2.75, 3.05) is 17.7 Å². The topological polar surface area (TPSA) is 84.2 Å². The number of carbonyl (C=O) groups is 1. The summed E-state index contributed by atoms with van der Waals surface area (Å²) < 4.78 is 1.58. The number of amides is 1. The van der Waals surface area contributed by atoms with Crippen LogP contribution in [0.15, 0.2) is 28.0 Å². The molecule has 7 heteroatoms. The molecule has 1 aromatic heterocycles. The number of thioether (sulfide) groups is 1. The van der Waals surface area contributed by atoms with E-state index in [0.29, 0.717) is 5.03 Å². The predicted octanol–water partition coefficient (Wildman–Crippen LogP) is 2.46. The first kappa shape index (κ1) is 19.6. The Labute approximate surface area is 163 Å². The van der Waals surface area contributed by atoms with Gasteiger partial charge in [0.15, 0.2) is 0 Å². The van der Waals surface area contributed by atoms with Crippen LogP contribution in [-0.4, -0.2) is 32.9 Å². The molecule has 1 heterocycles. The number of anilines is 1. The molecule has 0 aliphatic heterocycles. The van der Waals surface area contributed by atoms with Crippen molar-refractivity contribution in [3.63, 3.8) is 0 Å². The molecular formula is C20H25N3O3S. The molecule has 0 radical (unpaired) electrons. The third-order valence-electron chi connectivity index (χ3n) is 4.78. The van der Waals surface area contributed by atoms with E-state index >= 15 is 0 Å². The quantitative estimate of drug-likeness (QED) is 0.588. The number of nitrogens with zero attached hydrogens (tertiary/aromatic N) is 2. The summed E-state index contributed by atoms with van der Waals surface area (Å²) in [6.07, 6.45) is 3.75. The van der Waals surface area contributed by atoms with E-state index < -0.39 is 0 Å². The summed E-state index contributed by atoms with van der Waals surface area (Å²) in [5.74, 6) is 0.0932. The van der Waals surface area contributed by atoms with Gasteiger partial charge >= 0.3 is 5.69 Å². The Balaban J connectivity index is 1.76. The van der Waals surface area contributed by atoms with Crippen LogP contribution < -0.4 is 11.0 Å². The van der Waals surface area contributed by atoms with Gasteiger partial charge in [-0.3, -0.25) is 9.36 Å². The van der Waals surface area contributed by atoms with Crippen LogP contribution in [0.4, 0.5) is 5.69 Å². The Kier molecular flexibility index (Phi) is 6.34. The zero-order chi connectivity index (χ0) is 19.4. The van der Waals surface area contributed by atoms with Gasteiger partial charge in [0, 0.05) is 16.9 Å². The number of hydrogen-bond acceptors (Lipinski definition) is 5. The van der Waals surface area contributed by atoms with Gasteiger partial charge in [0.1, 0.15) is 5.03 Å². The minimum absolute atomic E-state index is 0.0846. The molecule has 0 bridgehead atoms. The highest BCUT2D eigenvalue weighted by atomic mass is 32.2. The molecule has 2 aromatic rings. The minimum atomic E-state index is -0.345. The minimum Gasteiger partial charge on any atom is -0.395 e. The SMILES string of the molecule is Cc1ccc(C)c(NC(=O)CSc2nc(=O)n(CCO)c3c2CCCC3)c1. The smallest absolute Gasteiger partial charge is 0.348 e. The number of benzene rings is 1. The molecule has 0 spiro atoms. The number of aryl methyl sites for hydroxylation is 2. The first-order valence-corrected chi connectivity index (χ1v) is 10.2. The molecule has 0 unspecified atom stereocenters. The second-order valence-electron chi connectivity index (χ2n) is 6.86. The van der Waals surface area contributed by atoms with Gasteiger partial charge in [0.2, 0.25) is 5.91 Å². The van der Waals surface area contributed by atoms with Gasteiger partial charge in [0.05, 0.1) is 18.9 Å². The van der Waals surface area contributed by atoms with Crippen LogP contribution in [0.25, 0.3) is 0 Å². The van der Waals surface area contributed by atoms with Gasteiger partial charge in [-0.1, -0.05) is 23.9 Å². The van der Waals surface area contributed by atoms with E-state index in [-0.39, 0.29) is 30.5 Å². The number of nitrogens with one attached hydrogen (secondary N) is 1. The highest BCUT2D eigenvalue weighted by Crippen LogP contribution is 2.28. The van der Waals surface area contributed by atoms with Crippen molar-refractivity contribution in [1.82, 2.24) is 9.55 Å². The van der Waals surface area contributed by atoms with Crippen LogP contribution in [0, 0.1) is 13.8 Å². The fourth-order valence-corrected chi connectivity index (χ4v) is 4.27. The molecule has 1 amide bonds. The van der Waals surface area contributed by atoms with E-state index in [9.17, 15) is 14.7 Å². The van der Waals surface area contributed by atoms with Gasteiger partial charge < -0.3 is 10.4 Å². The summed E-state index contributed by atoms with van der Waals surface area (Å²) in [7, 11) is 0. The van der Waals surface area contributed by atoms with E-state index in [0.717, 1.165) is 53.8 Å². The van der Waals surface area contributed by atoms with Crippen molar-refractivity contribution in [3.8, 4) is 0 Å². The lowest BCUT2D eigenvalue weighted by Gasteiger charge is -2.22. The van der Waals surface area contributed by atoms with Gasteiger partial charge in [0.25, 0.3) is 0 Å². The molecule has 1 aliphatic carbocycles. The van der Waals surface area contributed by atoms with Crippen molar-refractivity contribution in [2.45, 2.75) is 51.1 Å². The molecule has 0 saturated carbocycles. The van der Waals surface area contributed by atoms with E-state index in [1.54, 1.807) is 4.57 Å². The number of aromatic nitrogens is 2. The first-order chi connectivity index (χ1) is 13.0. The van der Waals surface area contributed by atoms with Gasteiger partial charge in [-0.2, -0.15) is 4.98 Å². The summed E-state index contributed by atoms with van der Waals surface area (Å²) >= 11 is 1.31. The fourth-order valence-electron chi connectivity index (χ4n) is 3.39. The highest BCUT2D eigenvalue weighted by molar-refractivity contribution is 8.00. The molecular weight excluding hydrogens is 362 g/mol. The maximum Gasteiger partial charge on any atom is 0.348 e. The Hall–Kier alpha value is -2.12. The molecule has 2 N–H and O–H groups in total. The summed E-state index contributed by atoms with van der Waals surface area (Å²) in [5.41, 5.74) is 4.59. The zero-order valence-electron chi connectivity index (χ0n) is 15.7. The van der Waals surface area contributed by atoms with Gasteiger partial charge in [-0.05, 0) is 56.7 Å². The van der Waals surface area contributed by atoms with Crippen molar-refractivity contribution in [3.05, 3.63) is 51.1 Å². The second kappa shape index (κ2) is 8.71. The number of hydrogen-bond donors (Lipinski definition) is 2. The maximum atomic E-state index is 12.4. The molecule has 1 aromatic carbocycles. The number of rotatable bonds is 6. The molecule has 0 atom stereocenters. The van der Waals surface area contributed by atoms with Crippen LogP contribution in [0.5, 0.6) is 0 Å². The van der Waals surface area contributed by atoms with Crippen LogP contribution >= 0.6 is 11.8 Å². The van der Waals surface area contributed by atoms with Gasteiger partial charge in [-0.25, -0.2) is 4.79 Å². The molecule has 144 valence electrons. The van der Waals surface area contributed by atoms with E-state index in [1.165, 1.54) is 11.8 Å². The van der Waals surface area contributed by atoms with Crippen LogP contribution in [0.3, 0.4) is 0 Å². The number of carbonyl (C=O) groups excluding carboxylic acids is 1. The van der Waals surface area contributed by atoms with Crippen molar-refractivity contribution < 1.29 is 9.90 Å². The Bertz CT molecular complexity index is 908. The molecule has 1 aliphatic rings. The van der Waals surface area contributed by atoms with Crippen molar-refractivity contribution in [2.24, 2.45) is 0 Å². The lowest BCUT2D eigenvalue weighted by atomic mass is 9.97. The summed E-state index contributed by atoms with van der Waals surface area (Å²) in [5, 5.41) is 12.8. The lowest BCUT2D eigenvalue weighted by Crippen LogP contribution is -2.31. The molecule has 0 saturated heterocycles. The van der Waals surface area contributed by atoms with Crippen LogP contribution in [-0.2, 0) is 24.2 Å². The lowest BCUT2D eigenvalue weighted by molar-refractivity contribution is -0.113. The van der Waals surface area contributed by atoms with Crippen LogP contribution in [0.2, 0.25) is 0 Å². The van der Waals surface area contributed by atoms with E-state index in [2.05, 4.69) is 10.3 Å². The number of fused-ring (bicyclic) bond motifs is 1.